The number of rotatable bonds is 0. The van der Waals surface area contributed by atoms with Crippen LogP contribution in [-0.4, -0.2) is 15.1 Å². The predicted molar refractivity (Wildman–Crippen MR) is 46.0 cm³/mol. The number of halogens is 2. The lowest BCUT2D eigenvalue weighted by Crippen LogP contribution is -2.15. The molecule has 0 radical (unpaired) electrons. The molecule has 0 saturated carbocycles. The summed E-state index contributed by atoms with van der Waals surface area (Å²) in [6.45, 7) is 0.285. The maximum absolute atomic E-state index is 11.2. The van der Waals surface area contributed by atoms with Crippen molar-refractivity contribution in [1.29, 1.82) is 0 Å². The SMILES string of the molecule is O=c1[nH]c(Cl)nc2c1CN=C2Cl. The summed E-state index contributed by atoms with van der Waals surface area (Å²) in [4.78, 5) is 21.2. The molecule has 0 aromatic carbocycles. The fraction of sp³-hybridized carbons (Fsp3) is 0.167. The van der Waals surface area contributed by atoms with Gasteiger partial charge in [-0.3, -0.25) is 14.8 Å². The number of nitrogens with one attached hydrogen (secondary N) is 1. The van der Waals surface area contributed by atoms with Gasteiger partial charge in [-0.05, 0) is 11.6 Å². The third kappa shape index (κ3) is 1.04. The van der Waals surface area contributed by atoms with Gasteiger partial charge in [0.05, 0.1) is 12.1 Å². The molecule has 0 amide bonds. The second kappa shape index (κ2) is 2.57. The van der Waals surface area contributed by atoms with Crippen LogP contribution in [0.2, 0.25) is 5.28 Å². The molecular weight excluding hydrogens is 201 g/mol. The van der Waals surface area contributed by atoms with Crippen molar-refractivity contribution in [3.63, 3.8) is 0 Å². The van der Waals surface area contributed by atoms with Gasteiger partial charge < -0.3 is 0 Å². The second-order valence-corrected chi connectivity index (χ2v) is 3.01. The molecule has 2 heterocycles. The molecule has 0 fully saturated rings. The minimum absolute atomic E-state index is 0.0361. The molecule has 62 valence electrons. The van der Waals surface area contributed by atoms with E-state index in [9.17, 15) is 4.79 Å². The summed E-state index contributed by atoms with van der Waals surface area (Å²) < 4.78 is 0. The number of aromatic amines is 1. The smallest absolute Gasteiger partial charge is 0.257 e. The minimum atomic E-state index is -0.274. The highest BCUT2D eigenvalue weighted by molar-refractivity contribution is 6.69. The Kier molecular flexibility index (Phi) is 1.66. The Morgan fingerprint density at radius 3 is 2.92 bits per heavy atom. The molecule has 0 unspecified atom stereocenters. The van der Waals surface area contributed by atoms with Crippen molar-refractivity contribution in [1.82, 2.24) is 9.97 Å². The molecule has 0 saturated heterocycles. The fourth-order valence-electron chi connectivity index (χ4n) is 1.01. The van der Waals surface area contributed by atoms with E-state index in [4.69, 9.17) is 23.2 Å². The van der Waals surface area contributed by atoms with Crippen molar-refractivity contribution in [2.45, 2.75) is 6.54 Å². The molecule has 12 heavy (non-hydrogen) atoms. The van der Waals surface area contributed by atoms with Gasteiger partial charge >= 0.3 is 0 Å². The Hall–Kier alpha value is -0.870. The Morgan fingerprint density at radius 1 is 1.42 bits per heavy atom. The van der Waals surface area contributed by atoms with Gasteiger partial charge in [-0.1, -0.05) is 11.6 Å². The van der Waals surface area contributed by atoms with Crippen LogP contribution in [0.4, 0.5) is 0 Å². The van der Waals surface area contributed by atoms with E-state index in [1.54, 1.807) is 0 Å². The van der Waals surface area contributed by atoms with Gasteiger partial charge in [0.2, 0.25) is 5.28 Å². The summed E-state index contributed by atoms with van der Waals surface area (Å²) in [5.41, 5.74) is 0.596. The number of hydrogen-bond donors (Lipinski definition) is 1. The van der Waals surface area contributed by atoms with E-state index in [0.717, 1.165) is 0 Å². The maximum atomic E-state index is 11.2. The zero-order chi connectivity index (χ0) is 8.72. The Balaban J connectivity index is 2.75. The maximum Gasteiger partial charge on any atom is 0.257 e. The highest BCUT2D eigenvalue weighted by Gasteiger charge is 2.19. The summed E-state index contributed by atoms with van der Waals surface area (Å²) in [5.74, 6) is 0. The van der Waals surface area contributed by atoms with Gasteiger partial charge in [-0.2, -0.15) is 0 Å². The largest absolute Gasteiger partial charge is 0.297 e. The zero-order valence-corrected chi connectivity index (χ0v) is 7.28. The zero-order valence-electron chi connectivity index (χ0n) is 5.77. The van der Waals surface area contributed by atoms with Gasteiger partial charge in [0.15, 0.2) is 5.17 Å². The molecular formula is C6H3Cl2N3O. The van der Waals surface area contributed by atoms with E-state index in [2.05, 4.69) is 15.0 Å². The van der Waals surface area contributed by atoms with E-state index in [1.807, 2.05) is 0 Å². The van der Waals surface area contributed by atoms with Crippen LogP contribution in [0.15, 0.2) is 9.79 Å². The Labute approximate surface area is 77.3 Å². The third-order valence-electron chi connectivity index (χ3n) is 1.56. The molecule has 0 atom stereocenters. The first-order valence-electron chi connectivity index (χ1n) is 3.17. The number of H-pyrrole nitrogens is 1. The molecule has 1 aliphatic rings. The van der Waals surface area contributed by atoms with Crippen LogP contribution in [0.5, 0.6) is 0 Å². The molecule has 1 aliphatic heterocycles. The highest BCUT2D eigenvalue weighted by atomic mass is 35.5. The van der Waals surface area contributed by atoms with Gasteiger partial charge in [-0.25, -0.2) is 4.98 Å². The highest BCUT2D eigenvalue weighted by Crippen LogP contribution is 2.15. The first kappa shape index (κ1) is 7.76. The molecule has 1 aromatic heterocycles. The van der Waals surface area contributed by atoms with E-state index < -0.39 is 0 Å². The monoisotopic (exact) mass is 203 g/mol. The molecule has 4 nitrogen and oxygen atoms in total. The normalized spacial score (nSPS) is 14.3. The van der Waals surface area contributed by atoms with Crippen molar-refractivity contribution in [2.24, 2.45) is 4.99 Å². The van der Waals surface area contributed by atoms with Gasteiger partial charge in [0.25, 0.3) is 5.56 Å². The number of aliphatic imine (C=N–C) groups is 1. The van der Waals surface area contributed by atoms with Crippen molar-refractivity contribution in [3.8, 4) is 0 Å². The van der Waals surface area contributed by atoms with Gasteiger partial charge in [-0.15, -0.1) is 0 Å². The van der Waals surface area contributed by atoms with Crippen molar-refractivity contribution in [3.05, 3.63) is 26.9 Å². The lowest BCUT2D eigenvalue weighted by Gasteiger charge is -1.95. The average Bonchev–Trinajstić information content (AvgIpc) is 2.33. The molecule has 6 heteroatoms. The van der Waals surface area contributed by atoms with E-state index >= 15 is 0 Å². The third-order valence-corrected chi connectivity index (χ3v) is 2.04. The minimum Gasteiger partial charge on any atom is -0.297 e. The fourth-order valence-corrected chi connectivity index (χ4v) is 1.40. The Bertz CT molecular complexity index is 423. The standard InChI is InChI=1S/C6H3Cl2N3O/c7-4-3-2(1-9-4)5(12)11-6(8)10-3/h1H2,(H,10,11,12). The van der Waals surface area contributed by atoms with Crippen LogP contribution >= 0.6 is 23.2 Å². The number of nitrogens with zero attached hydrogens (tertiary/aromatic N) is 2. The summed E-state index contributed by atoms with van der Waals surface area (Å²) >= 11 is 11.2. The molecule has 0 bridgehead atoms. The number of aromatic nitrogens is 2. The number of hydrogen-bond acceptors (Lipinski definition) is 3. The number of fused-ring (bicyclic) bond motifs is 1. The van der Waals surface area contributed by atoms with Crippen LogP contribution < -0.4 is 5.56 Å². The van der Waals surface area contributed by atoms with Crippen LogP contribution in [0.25, 0.3) is 0 Å². The molecule has 1 aromatic rings. The molecule has 0 spiro atoms. The van der Waals surface area contributed by atoms with Gasteiger partial charge in [0.1, 0.15) is 5.69 Å². The van der Waals surface area contributed by atoms with E-state index in [0.29, 0.717) is 11.3 Å². The Morgan fingerprint density at radius 2 is 2.17 bits per heavy atom. The van der Waals surface area contributed by atoms with E-state index in [-0.39, 0.29) is 22.6 Å². The molecule has 0 aliphatic carbocycles. The first-order valence-corrected chi connectivity index (χ1v) is 3.93. The lowest BCUT2D eigenvalue weighted by molar-refractivity contribution is 1.01. The topological polar surface area (TPSA) is 58.1 Å². The van der Waals surface area contributed by atoms with Crippen LogP contribution in [0.1, 0.15) is 11.3 Å². The van der Waals surface area contributed by atoms with Crippen LogP contribution in [0.3, 0.4) is 0 Å². The quantitative estimate of drug-likeness (QED) is 0.638. The van der Waals surface area contributed by atoms with Crippen molar-refractivity contribution in [2.75, 3.05) is 0 Å². The van der Waals surface area contributed by atoms with E-state index in [1.165, 1.54) is 0 Å². The lowest BCUT2D eigenvalue weighted by atomic mass is 10.3. The second-order valence-electron chi connectivity index (χ2n) is 2.29. The van der Waals surface area contributed by atoms with Gasteiger partial charge in [0, 0.05) is 0 Å². The van der Waals surface area contributed by atoms with Crippen LogP contribution in [-0.2, 0) is 6.54 Å². The van der Waals surface area contributed by atoms with Crippen molar-refractivity contribution < 1.29 is 0 Å². The predicted octanol–water partition coefficient (Wildman–Crippen LogP) is 0.922. The summed E-state index contributed by atoms with van der Waals surface area (Å²) in [6.07, 6.45) is 0. The van der Waals surface area contributed by atoms with Crippen LogP contribution in [0, 0.1) is 0 Å². The van der Waals surface area contributed by atoms with Crippen molar-refractivity contribution >= 4 is 28.4 Å². The summed E-state index contributed by atoms with van der Waals surface area (Å²) in [5, 5.41) is 0.284. The molecule has 1 N–H and O–H groups in total. The molecule has 2 rings (SSSR count). The summed E-state index contributed by atoms with van der Waals surface area (Å²) in [7, 11) is 0. The summed E-state index contributed by atoms with van der Waals surface area (Å²) in [6, 6.07) is 0. The average molecular weight is 204 g/mol. The first-order chi connectivity index (χ1) is 5.68.